The van der Waals surface area contributed by atoms with Crippen molar-refractivity contribution in [3.05, 3.63) is 89.1 Å². The third-order valence-electron chi connectivity index (χ3n) is 4.98. The summed E-state index contributed by atoms with van der Waals surface area (Å²) in [5, 5.41) is 11.4. The van der Waals surface area contributed by atoms with E-state index in [1.54, 1.807) is 6.07 Å². The Morgan fingerprint density at radius 3 is 2.44 bits per heavy atom. The summed E-state index contributed by atoms with van der Waals surface area (Å²) in [5.74, 6) is 0.589. The van der Waals surface area contributed by atoms with Gasteiger partial charge in [-0.2, -0.15) is 0 Å². The summed E-state index contributed by atoms with van der Waals surface area (Å²) in [6.07, 6.45) is 0.995. The smallest absolute Gasteiger partial charge is 0.272 e. The van der Waals surface area contributed by atoms with E-state index in [-0.39, 0.29) is 11.9 Å². The predicted octanol–water partition coefficient (Wildman–Crippen LogP) is 3.53. The van der Waals surface area contributed by atoms with E-state index in [1.807, 2.05) is 43.3 Å². The molecular formula is C22H22N4O. The van der Waals surface area contributed by atoms with E-state index in [4.69, 9.17) is 0 Å². The molecule has 0 radical (unpaired) electrons. The monoisotopic (exact) mass is 358 g/mol. The Kier molecular flexibility index (Phi) is 4.83. The Hall–Kier alpha value is -3.21. The van der Waals surface area contributed by atoms with Gasteiger partial charge in [-0.25, -0.2) is 0 Å². The van der Waals surface area contributed by atoms with E-state index in [0.29, 0.717) is 5.69 Å². The van der Waals surface area contributed by atoms with Crippen LogP contribution in [-0.4, -0.2) is 22.6 Å². The molecule has 2 aromatic carbocycles. The summed E-state index contributed by atoms with van der Waals surface area (Å²) >= 11 is 0. The second-order valence-corrected chi connectivity index (χ2v) is 6.82. The number of rotatable bonds is 4. The largest absolute Gasteiger partial charge is 0.350 e. The van der Waals surface area contributed by atoms with Gasteiger partial charge in [0.25, 0.3) is 5.91 Å². The first-order chi connectivity index (χ1) is 13.2. The van der Waals surface area contributed by atoms with Crippen molar-refractivity contribution >= 4 is 11.7 Å². The van der Waals surface area contributed by atoms with Crippen molar-refractivity contribution in [1.82, 2.24) is 15.5 Å². The maximum atomic E-state index is 12.5. The van der Waals surface area contributed by atoms with Crippen molar-refractivity contribution in [2.75, 3.05) is 11.4 Å². The molecule has 0 saturated carbocycles. The maximum absolute atomic E-state index is 12.5. The van der Waals surface area contributed by atoms with E-state index < -0.39 is 0 Å². The van der Waals surface area contributed by atoms with Gasteiger partial charge in [-0.1, -0.05) is 54.6 Å². The van der Waals surface area contributed by atoms with Crippen molar-refractivity contribution in [1.29, 1.82) is 0 Å². The van der Waals surface area contributed by atoms with Crippen LogP contribution in [0.25, 0.3) is 0 Å². The van der Waals surface area contributed by atoms with E-state index >= 15 is 0 Å². The molecule has 1 amide bonds. The molecule has 1 N–H and O–H groups in total. The first-order valence-corrected chi connectivity index (χ1v) is 9.22. The van der Waals surface area contributed by atoms with Crippen LogP contribution in [0.3, 0.4) is 0 Å². The highest BCUT2D eigenvalue weighted by molar-refractivity contribution is 5.92. The molecule has 5 heteroatoms. The molecule has 0 aliphatic carbocycles. The fraction of sp³-hybridized carbons (Fsp3) is 0.227. The Labute approximate surface area is 159 Å². The number of fused-ring (bicyclic) bond motifs is 1. The summed E-state index contributed by atoms with van der Waals surface area (Å²) in [5.41, 5.74) is 4.11. The zero-order valence-corrected chi connectivity index (χ0v) is 15.3. The van der Waals surface area contributed by atoms with Crippen LogP contribution in [0, 0.1) is 0 Å². The molecule has 1 aliphatic rings. The quantitative estimate of drug-likeness (QED) is 0.775. The lowest BCUT2D eigenvalue weighted by atomic mass is 10.00. The molecule has 1 unspecified atom stereocenters. The Bertz CT molecular complexity index is 925. The molecule has 2 heterocycles. The van der Waals surface area contributed by atoms with Crippen molar-refractivity contribution in [3.63, 3.8) is 0 Å². The highest BCUT2D eigenvalue weighted by Crippen LogP contribution is 2.22. The fourth-order valence-electron chi connectivity index (χ4n) is 3.40. The second-order valence-electron chi connectivity index (χ2n) is 6.82. The maximum Gasteiger partial charge on any atom is 0.272 e. The van der Waals surface area contributed by atoms with Crippen LogP contribution in [0.15, 0.2) is 66.7 Å². The predicted molar refractivity (Wildman–Crippen MR) is 106 cm³/mol. The van der Waals surface area contributed by atoms with Gasteiger partial charge in [0.05, 0.1) is 6.04 Å². The van der Waals surface area contributed by atoms with Gasteiger partial charge in [-0.05, 0) is 42.2 Å². The lowest BCUT2D eigenvalue weighted by Gasteiger charge is -2.29. The van der Waals surface area contributed by atoms with E-state index in [2.05, 4.69) is 44.7 Å². The summed E-state index contributed by atoms with van der Waals surface area (Å²) < 4.78 is 0. The number of aromatic nitrogens is 2. The van der Waals surface area contributed by atoms with Crippen LogP contribution < -0.4 is 10.2 Å². The van der Waals surface area contributed by atoms with Gasteiger partial charge >= 0.3 is 0 Å². The Morgan fingerprint density at radius 1 is 0.963 bits per heavy atom. The van der Waals surface area contributed by atoms with Crippen LogP contribution in [0.5, 0.6) is 0 Å². The molecular weight excluding hydrogens is 336 g/mol. The average molecular weight is 358 g/mol. The topological polar surface area (TPSA) is 58.1 Å². The van der Waals surface area contributed by atoms with Gasteiger partial charge in [0.1, 0.15) is 0 Å². The van der Waals surface area contributed by atoms with Gasteiger partial charge in [-0.15, -0.1) is 10.2 Å². The van der Waals surface area contributed by atoms with Crippen LogP contribution in [0.4, 0.5) is 5.82 Å². The van der Waals surface area contributed by atoms with Crippen LogP contribution in [0.2, 0.25) is 0 Å². The van der Waals surface area contributed by atoms with Gasteiger partial charge in [-0.3, -0.25) is 4.79 Å². The van der Waals surface area contributed by atoms with Crippen molar-refractivity contribution in [2.45, 2.75) is 25.9 Å². The molecule has 4 rings (SSSR count). The number of hydrogen-bond acceptors (Lipinski definition) is 4. The van der Waals surface area contributed by atoms with E-state index in [1.165, 1.54) is 11.1 Å². The van der Waals surface area contributed by atoms with Crippen LogP contribution in [-0.2, 0) is 13.0 Å². The van der Waals surface area contributed by atoms with Crippen molar-refractivity contribution in [3.8, 4) is 0 Å². The normalized spacial score (nSPS) is 14.3. The number of amides is 1. The molecule has 0 fully saturated rings. The highest BCUT2D eigenvalue weighted by Gasteiger charge is 2.18. The summed E-state index contributed by atoms with van der Waals surface area (Å²) in [6, 6.07) is 21.9. The van der Waals surface area contributed by atoms with E-state index in [0.717, 1.165) is 30.9 Å². The van der Waals surface area contributed by atoms with Crippen molar-refractivity contribution in [2.24, 2.45) is 0 Å². The zero-order valence-electron chi connectivity index (χ0n) is 15.3. The number of hydrogen-bond donors (Lipinski definition) is 1. The van der Waals surface area contributed by atoms with Gasteiger partial charge in [0.2, 0.25) is 0 Å². The molecule has 136 valence electrons. The Balaban J connectivity index is 1.42. The third-order valence-corrected chi connectivity index (χ3v) is 4.98. The minimum Gasteiger partial charge on any atom is -0.350 e. The molecule has 0 spiro atoms. The molecule has 0 saturated heterocycles. The number of carbonyl (C=O) groups excluding carboxylic acids is 1. The molecule has 1 aliphatic heterocycles. The summed E-state index contributed by atoms with van der Waals surface area (Å²) in [4.78, 5) is 14.7. The first-order valence-electron chi connectivity index (χ1n) is 9.22. The molecule has 27 heavy (non-hydrogen) atoms. The van der Waals surface area contributed by atoms with E-state index in [9.17, 15) is 4.79 Å². The minimum atomic E-state index is -0.214. The zero-order chi connectivity index (χ0) is 18.6. The number of anilines is 1. The lowest BCUT2D eigenvalue weighted by Crippen LogP contribution is -2.32. The Morgan fingerprint density at radius 2 is 1.70 bits per heavy atom. The van der Waals surface area contributed by atoms with Gasteiger partial charge in [0.15, 0.2) is 11.5 Å². The number of benzene rings is 2. The highest BCUT2D eigenvalue weighted by atomic mass is 16.2. The van der Waals surface area contributed by atoms with Crippen LogP contribution >= 0.6 is 0 Å². The van der Waals surface area contributed by atoms with Gasteiger partial charge in [0, 0.05) is 13.1 Å². The molecule has 3 aromatic rings. The van der Waals surface area contributed by atoms with Crippen LogP contribution in [0.1, 0.15) is 40.1 Å². The number of nitrogens with zero attached hydrogens (tertiary/aromatic N) is 3. The molecule has 0 bridgehead atoms. The standard InChI is InChI=1S/C22H22N4O/c1-16(17-7-3-2-4-8-17)23-22(27)20-11-12-21(25-24-20)26-14-13-18-9-5-6-10-19(18)15-26/h2-12,16H,13-15H2,1H3,(H,23,27). The molecule has 1 aromatic heterocycles. The SMILES string of the molecule is CC(NC(=O)c1ccc(N2CCc3ccccc3C2)nn1)c1ccccc1. The molecule has 1 atom stereocenters. The number of nitrogens with one attached hydrogen (secondary N) is 1. The fourth-order valence-corrected chi connectivity index (χ4v) is 3.40. The third kappa shape index (κ3) is 3.82. The lowest BCUT2D eigenvalue weighted by molar-refractivity contribution is 0.0934. The average Bonchev–Trinajstić information content (AvgIpc) is 2.74. The summed E-state index contributed by atoms with van der Waals surface area (Å²) in [7, 11) is 0. The van der Waals surface area contributed by atoms with Gasteiger partial charge < -0.3 is 10.2 Å². The first kappa shape index (κ1) is 17.2. The van der Waals surface area contributed by atoms with Crippen molar-refractivity contribution < 1.29 is 4.79 Å². The second kappa shape index (κ2) is 7.58. The minimum absolute atomic E-state index is 0.0845. The number of carbonyl (C=O) groups is 1. The molecule has 5 nitrogen and oxygen atoms in total. The summed E-state index contributed by atoms with van der Waals surface area (Å²) in [6.45, 7) is 3.68.